The summed E-state index contributed by atoms with van der Waals surface area (Å²) in [5, 5.41) is 0. The van der Waals surface area contributed by atoms with Gasteiger partial charge in [0.1, 0.15) is 17.7 Å². The molecule has 0 aliphatic carbocycles. The Morgan fingerprint density at radius 1 is 0.784 bits per heavy atom. The second-order valence-corrected chi connectivity index (χ2v) is 10.8. The summed E-state index contributed by atoms with van der Waals surface area (Å²) in [6.45, 7) is 13.9. The highest BCUT2D eigenvalue weighted by Crippen LogP contribution is 2.28. The van der Waals surface area contributed by atoms with Crippen LogP contribution >= 0.6 is 0 Å². The normalized spacial score (nSPS) is 22.6. The van der Waals surface area contributed by atoms with Crippen molar-refractivity contribution in [1.29, 1.82) is 0 Å². The smallest absolute Gasteiger partial charge is 0.245 e. The molecule has 1 aromatic rings. The van der Waals surface area contributed by atoms with Crippen LogP contribution in [0.3, 0.4) is 0 Å². The molecule has 0 spiro atoms. The summed E-state index contributed by atoms with van der Waals surface area (Å²) in [5.41, 5.74) is 0. The van der Waals surface area contributed by atoms with Gasteiger partial charge in [0.05, 0.1) is 6.54 Å². The van der Waals surface area contributed by atoms with Gasteiger partial charge in [-0.3, -0.25) is 14.5 Å². The second kappa shape index (κ2) is 11.8. The van der Waals surface area contributed by atoms with E-state index in [-0.39, 0.29) is 17.9 Å². The third kappa shape index (κ3) is 5.78. The minimum absolute atomic E-state index is 0.0862. The molecule has 10 nitrogen and oxygen atoms in total. The maximum absolute atomic E-state index is 13.5. The SMILES string of the molecule is CCN(CC)CC(=O)N1CCCC1C(=O)N1CCN(c2cc(N3CCCC3)nc(N3CCCC3)n2)CC1. The van der Waals surface area contributed by atoms with E-state index in [4.69, 9.17) is 9.97 Å². The average Bonchev–Trinajstić information content (AvgIpc) is 3.73. The molecule has 0 saturated carbocycles. The summed E-state index contributed by atoms with van der Waals surface area (Å²) in [5.74, 6) is 3.06. The monoisotopic (exact) mass is 512 g/mol. The Kier molecular flexibility index (Phi) is 8.32. The van der Waals surface area contributed by atoms with Gasteiger partial charge in [0.2, 0.25) is 17.8 Å². The molecule has 4 fully saturated rings. The zero-order chi connectivity index (χ0) is 25.8. The molecule has 0 bridgehead atoms. The third-order valence-corrected chi connectivity index (χ3v) is 8.53. The van der Waals surface area contributed by atoms with Gasteiger partial charge in [0, 0.05) is 65.0 Å². The summed E-state index contributed by atoms with van der Waals surface area (Å²) < 4.78 is 0. The van der Waals surface area contributed by atoms with Gasteiger partial charge in [-0.1, -0.05) is 13.8 Å². The molecule has 0 N–H and O–H groups in total. The fraction of sp³-hybridized carbons (Fsp3) is 0.778. The largest absolute Gasteiger partial charge is 0.356 e. The molecule has 0 radical (unpaired) electrons. The van der Waals surface area contributed by atoms with E-state index in [9.17, 15) is 9.59 Å². The van der Waals surface area contributed by atoms with E-state index in [0.717, 1.165) is 82.8 Å². The average molecular weight is 513 g/mol. The number of likely N-dealkylation sites (N-methyl/N-ethyl adjacent to an activating group) is 1. The van der Waals surface area contributed by atoms with Gasteiger partial charge in [-0.2, -0.15) is 9.97 Å². The Bertz CT molecular complexity index is 900. The number of hydrogen-bond acceptors (Lipinski definition) is 8. The Morgan fingerprint density at radius 2 is 1.35 bits per heavy atom. The molecule has 1 unspecified atom stereocenters. The zero-order valence-electron chi connectivity index (χ0n) is 22.8. The molecule has 204 valence electrons. The van der Waals surface area contributed by atoms with E-state index in [1.807, 2.05) is 9.80 Å². The number of hydrogen-bond donors (Lipinski definition) is 0. The van der Waals surface area contributed by atoms with Crippen LogP contribution in [-0.4, -0.2) is 121 Å². The maximum Gasteiger partial charge on any atom is 0.245 e. The quantitative estimate of drug-likeness (QED) is 0.521. The van der Waals surface area contributed by atoms with Crippen LogP contribution in [-0.2, 0) is 9.59 Å². The Labute approximate surface area is 221 Å². The van der Waals surface area contributed by atoms with Crippen LogP contribution in [0.1, 0.15) is 52.4 Å². The van der Waals surface area contributed by atoms with Gasteiger partial charge in [0.15, 0.2) is 0 Å². The lowest BCUT2D eigenvalue weighted by Gasteiger charge is -2.38. The van der Waals surface area contributed by atoms with Crippen molar-refractivity contribution >= 4 is 29.4 Å². The molecule has 4 aliphatic heterocycles. The topological polar surface area (TPSA) is 79.4 Å². The van der Waals surface area contributed by atoms with E-state index in [1.165, 1.54) is 25.7 Å². The summed E-state index contributed by atoms with van der Waals surface area (Å²) in [4.78, 5) is 49.3. The van der Waals surface area contributed by atoms with Crippen molar-refractivity contribution < 1.29 is 9.59 Å². The van der Waals surface area contributed by atoms with Crippen LogP contribution in [0, 0.1) is 0 Å². The number of carbonyl (C=O) groups is 2. The molecule has 1 aromatic heterocycles. The molecule has 4 aliphatic rings. The van der Waals surface area contributed by atoms with Crippen molar-refractivity contribution in [3.05, 3.63) is 6.07 Å². The lowest BCUT2D eigenvalue weighted by atomic mass is 10.1. The highest BCUT2D eigenvalue weighted by molar-refractivity contribution is 5.89. The zero-order valence-corrected chi connectivity index (χ0v) is 22.8. The van der Waals surface area contributed by atoms with E-state index in [0.29, 0.717) is 26.2 Å². The predicted octanol–water partition coefficient (Wildman–Crippen LogP) is 1.66. The number of anilines is 3. The van der Waals surface area contributed by atoms with Crippen LogP contribution in [0.2, 0.25) is 0 Å². The van der Waals surface area contributed by atoms with E-state index >= 15 is 0 Å². The molecule has 5 heterocycles. The first-order valence-electron chi connectivity index (χ1n) is 14.5. The van der Waals surface area contributed by atoms with Gasteiger partial charge < -0.3 is 24.5 Å². The second-order valence-electron chi connectivity index (χ2n) is 10.8. The van der Waals surface area contributed by atoms with E-state index in [2.05, 4.69) is 39.5 Å². The number of nitrogens with zero attached hydrogens (tertiary/aromatic N) is 8. The Balaban J connectivity index is 1.23. The van der Waals surface area contributed by atoms with Crippen LogP contribution in [0.25, 0.3) is 0 Å². The summed E-state index contributed by atoms with van der Waals surface area (Å²) >= 11 is 0. The lowest BCUT2D eigenvalue weighted by Crippen LogP contribution is -2.55. The van der Waals surface area contributed by atoms with Gasteiger partial charge in [-0.25, -0.2) is 0 Å². The van der Waals surface area contributed by atoms with Crippen LogP contribution in [0.5, 0.6) is 0 Å². The van der Waals surface area contributed by atoms with Gasteiger partial charge in [-0.05, 0) is 51.6 Å². The fourth-order valence-corrected chi connectivity index (χ4v) is 6.16. The van der Waals surface area contributed by atoms with E-state index in [1.54, 1.807) is 0 Å². The molecule has 37 heavy (non-hydrogen) atoms. The maximum atomic E-state index is 13.5. The van der Waals surface area contributed by atoms with E-state index < -0.39 is 0 Å². The van der Waals surface area contributed by atoms with Crippen molar-refractivity contribution in [1.82, 2.24) is 24.7 Å². The highest BCUT2D eigenvalue weighted by Gasteiger charge is 2.37. The molecule has 4 saturated heterocycles. The van der Waals surface area contributed by atoms with Gasteiger partial charge in [-0.15, -0.1) is 0 Å². The molecule has 0 aromatic carbocycles. The van der Waals surface area contributed by atoms with Crippen molar-refractivity contribution in [2.24, 2.45) is 0 Å². The Hall–Kier alpha value is -2.62. The van der Waals surface area contributed by atoms with Gasteiger partial charge in [0.25, 0.3) is 0 Å². The first-order valence-corrected chi connectivity index (χ1v) is 14.5. The first kappa shape index (κ1) is 26.0. The molecular weight excluding hydrogens is 468 g/mol. The van der Waals surface area contributed by atoms with Crippen LogP contribution in [0.4, 0.5) is 17.6 Å². The third-order valence-electron chi connectivity index (χ3n) is 8.53. The molecule has 1 atom stereocenters. The lowest BCUT2D eigenvalue weighted by molar-refractivity contribution is -0.144. The van der Waals surface area contributed by atoms with Crippen molar-refractivity contribution in [2.75, 3.05) is 93.2 Å². The van der Waals surface area contributed by atoms with Crippen molar-refractivity contribution in [3.63, 3.8) is 0 Å². The number of amides is 2. The standard InChI is InChI=1S/C27H44N8O2/c1-3-30(4-2)21-25(36)35-15-9-10-22(35)26(37)33-18-16-32(17-19-33)24-20-23(31-11-5-6-12-31)28-27(29-24)34-13-7-8-14-34/h20,22H,3-19,21H2,1-2H3. The summed E-state index contributed by atoms with van der Waals surface area (Å²) in [7, 11) is 0. The fourth-order valence-electron chi connectivity index (χ4n) is 6.16. The number of likely N-dealkylation sites (tertiary alicyclic amines) is 1. The molecular formula is C27H44N8O2. The Morgan fingerprint density at radius 3 is 1.95 bits per heavy atom. The predicted molar refractivity (Wildman–Crippen MR) is 146 cm³/mol. The molecule has 10 heteroatoms. The number of rotatable bonds is 8. The molecule has 5 rings (SSSR count). The number of piperazine rings is 1. The minimum atomic E-state index is -0.308. The summed E-state index contributed by atoms with van der Waals surface area (Å²) in [6, 6.07) is 1.84. The highest BCUT2D eigenvalue weighted by atomic mass is 16.2. The molecule has 2 amide bonds. The van der Waals surface area contributed by atoms with Crippen LogP contribution in [0.15, 0.2) is 6.07 Å². The van der Waals surface area contributed by atoms with Crippen molar-refractivity contribution in [2.45, 2.75) is 58.4 Å². The van der Waals surface area contributed by atoms with Crippen LogP contribution < -0.4 is 14.7 Å². The minimum Gasteiger partial charge on any atom is -0.356 e. The van der Waals surface area contributed by atoms with Gasteiger partial charge >= 0.3 is 0 Å². The first-order chi connectivity index (χ1) is 18.1. The van der Waals surface area contributed by atoms with Crippen molar-refractivity contribution in [3.8, 4) is 0 Å². The number of carbonyl (C=O) groups excluding carboxylic acids is 2. The summed E-state index contributed by atoms with van der Waals surface area (Å²) in [6.07, 6.45) is 6.50. The number of aromatic nitrogens is 2.